The Labute approximate surface area is 140 Å². The van der Waals surface area contributed by atoms with Crippen LogP contribution in [0.4, 0.5) is 0 Å². The van der Waals surface area contributed by atoms with Gasteiger partial charge in [-0.05, 0) is 31.6 Å². The average Bonchev–Trinajstić information content (AvgIpc) is 2.79. The lowest BCUT2D eigenvalue weighted by Crippen LogP contribution is -2.37. The summed E-state index contributed by atoms with van der Waals surface area (Å²) in [5.41, 5.74) is 0. The smallest absolute Gasteiger partial charge is 0.232 e. The molecule has 23 heavy (non-hydrogen) atoms. The van der Waals surface area contributed by atoms with Crippen LogP contribution >= 0.6 is 0 Å². The monoisotopic (exact) mass is 324 g/mol. The lowest BCUT2D eigenvalue weighted by atomic mass is 9.99. The lowest BCUT2D eigenvalue weighted by molar-refractivity contribution is -0.139. The van der Waals surface area contributed by atoms with E-state index >= 15 is 0 Å². The molecule has 0 saturated carbocycles. The number of amides is 3. The zero-order valence-corrected chi connectivity index (χ0v) is 15.1. The molecule has 2 rings (SSSR count). The highest BCUT2D eigenvalue weighted by Crippen LogP contribution is 2.20. The number of hydrogen-bond acceptors (Lipinski definition) is 3. The van der Waals surface area contributed by atoms with Gasteiger partial charge in [0.1, 0.15) is 0 Å². The van der Waals surface area contributed by atoms with E-state index in [0.717, 1.165) is 44.7 Å². The Bertz CT molecular complexity index is 414. The lowest BCUT2D eigenvalue weighted by Gasteiger charge is -2.30. The summed E-state index contributed by atoms with van der Waals surface area (Å²) in [6.45, 7) is 10.2. The zero-order chi connectivity index (χ0) is 17.4. The summed E-state index contributed by atoms with van der Waals surface area (Å²) in [6.07, 6.45) is 4.53. The molecule has 0 bridgehead atoms. The SMILES string of the molecule is CC.CC1CCN(C(=O)CCCCN2C(=O)CC(C)C2=O)CC1. The van der Waals surface area contributed by atoms with Crippen LogP contribution in [0.15, 0.2) is 0 Å². The molecule has 132 valence electrons. The molecule has 2 aliphatic heterocycles. The van der Waals surface area contributed by atoms with Crippen LogP contribution in [0, 0.1) is 11.8 Å². The fourth-order valence-electron chi connectivity index (χ4n) is 3.05. The van der Waals surface area contributed by atoms with Gasteiger partial charge >= 0.3 is 0 Å². The molecule has 2 heterocycles. The van der Waals surface area contributed by atoms with E-state index in [1.165, 1.54) is 4.90 Å². The first-order chi connectivity index (χ1) is 11.0. The number of imide groups is 1. The molecule has 0 aliphatic carbocycles. The second-order valence-corrected chi connectivity index (χ2v) is 6.51. The molecule has 0 aromatic heterocycles. The molecule has 0 N–H and O–H groups in total. The number of likely N-dealkylation sites (tertiary alicyclic amines) is 2. The average molecular weight is 324 g/mol. The quantitative estimate of drug-likeness (QED) is 0.577. The van der Waals surface area contributed by atoms with Gasteiger partial charge in [-0.25, -0.2) is 0 Å². The van der Waals surface area contributed by atoms with Crippen molar-refractivity contribution < 1.29 is 14.4 Å². The Balaban J connectivity index is 0.00000127. The second kappa shape index (κ2) is 9.68. The Morgan fingerprint density at radius 2 is 1.70 bits per heavy atom. The summed E-state index contributed by atoms with van der Waals surface area (Å²) < 4.78 is 0. The van der Waals surface area contributed by atoms with Gasteiger partial charge in [-0.2, -0.15) is 0 Å². The van der Waals surface area contributed by atoms with Gasteiger partial charge in [-0.3, -0.25) is 19.3 Å². The molecule has 0 aromatic carbocycles. The Hall–Kier alpha value is -1.39. The molecule has 5 heteroatoms. The second-order valence-electron chi connectivity index (χ2n) is 6.51. The topological polar surface area (TPSA) is 57.7 Å². The highest BCUT2D eigenvalue weighted by Gasteiger charge is 2.34. The van der Waals surface area contributed by atoms with E-state index in [2.05, 4.69) is 6.92 Å². The third kappa shape index (κ3) is 5.63. The first-order valence-electron chi connectivity index (χ1n) is 9.11. The van der Waals surface area contributed by atoms with Gasteiger partial charge in [0, 0.05) is 38.4 Å². The minimum absolute atomic E-state index is 0.0589. The molecule has 2 fully saturated rings. The maximum Gasteiger partial charge on any atom is 0.232 e. The van der Waals surface area contributed by atoms with Gasteiger partial charge in [0.05, 0.1) is 0 Å². The first kappa shape index (κ1) is 19.7. The van der Waals surface area contributed by atoms with Crippen LogP contribution in [-0.2, 0) is 14.4 Å². The van der Waals surface area contributed by atoms with Gasteiger partial charge in [-0.15, -0.1) is 0 Å². The van der Waals surface area contributed by atoms with E-state index < -0.39 is 0 Å². The van der Waals surface area contributed by atoms with E-state index in [1.54, 1.807) is 6.92 Å². The number of piperidine rings is 1. The molecule has 2 aliphatic rings. The third-order valence-electron chi connectivity index (χ3n) is 4.63. The summed E-state index contributed by atoms with van der Waals surface area (Å²) in [5.74, 6) is 0.646. The van der Waals surface area contributed by atoms with Crippen molar-refractivity contribution >= 4 is 17.7 Å². The van der Waals surface area contributed by atoms with Crippen molar-refractivity contribution in [3.63, 3.8) is 0 Å². The molecule has 2 saturated heterocycles. The fourth-order valence-corrected chi connectivity index (χ4v) is 3.05. The fraction of sp³-hybridized carbons (Fsp3) is 0.833. The minimum Gasteiger partial charge on any atom is -0.343 e. The van der Waals surface area contributed by atoms with Gasteiger partial charge in [0.25, 0.3) is 0 Å². The molecule has 1 atom stereocenters. The number of carbonyl (C=O) groups excluding carboxylic acids is 3. The Morgan fingerprint density at radius 3 is 2.22 bits per heavy atom. The van der Waals surface area contributed by atoms with Gasteiger partial charge in [-0.1, -0.05) is 27.7 Å². The van der Waals surface area contributed by atoms with Crippen LogP contribution in [0.3, 0.4) is 0 Å². The number of carbonyl (C=O) groups is 3. The third-order valence-corrected chi connectivity index (χ3v) is 4.63. The largest absolute Gasteiger partial charge is 0.343 e. The molecular weight excluding hydrogens is 292 g/mol. The highest BCUT2D eigenvalue weighted by atomic mass is 16.2. The molecule has 1 unspecified atom stereocenters. The normalized spacial score (nSPS) is 22.2. The molecule has 5 nitrogen and oxygen atoms in total. The summed E-state index contributed by atoms with van der Waals surface area (Å²) in [4.78, 5) is 38.8. The van der Waals surface area contributed by atoms with Crippen LogP contribution in [0.25, 0.3) is 0 Å². The van der Waals surface area contributed by atoms with E-state index in [9.17, 15) is 14.4 Å². The molecule has 3 amide bonds. The van der Waals surface area contributed by atoms with Crippen molar-refractivity contribution in [2.24, 2.45) is 11.8 Å². The number of unbranched alkanes of at least 4 members (excludes halogenated alkanes) is 1. The Morgan fingerprint density at radius 1 is 1.09 bits per heavy atom. The van der Waals surface area contributed by atoms with Gasteiger partial charge in [0.15, 0.2) is 0 Å². The maximum atomic E-state index is 12.1. The van der Waals surface area contributed by atoms with Crippen molar-refractivity contribution in [2.75, 3.05) is 19.6 Å². The van der Waals surface area contributed by atoms with Crippen molar-refractivity contribution in [2.45, 2.75) is 66.2 Å². The molecular formula is C18H32N2O3. The van der Waals surface area contributed by atoms with E-state index in [4.69, 9.17) is 0 Å². The minimum atomic E-state index is -0.172. The van der Waals surface area contributed by atoms with Crippen molar-refractivity contribution in [3.8, 4) is 0 Å². The van der Waals surface area contributed by atoms with Crippen LogP contribution in [0.2, 0.25) is 0 Å². The van der Waals surface area contributed by atoms with E-state index in [1.807, 2.05) is 18.7 Å². The summed E-state index contributed by atoms with van der Waals surface area (Å²) in [6, 6.07) is 0. The summed E-state index contributed by atoms with van der Waals surface area (Å²) in [5, 5.41) is 0. The molecule has 0 radical (unpaired) electrons. The predicted molar refractivity (Wildman–Crippen MR) is 90.7 cm³/mol. The van der Waals surface area contributed by atoms with Gasteiger partial charge < -0.3 is 4.90 Å². The maximum absolute atomic E-state index is 12.1. The van der Waals surface area contributed by atoms with Crippen LogP contribution < -0.4 is 0 Å². The standard InChI is InChI=1S/C16H26N2O3.C2H6/c1-12-6-9-17(10-7-12)14(19)5-3-4-8-18-15(20)11-13(2)16(18)21;1-2/h12-13H,3-11H2,1-2H3;1-2H3. The zero-order valence-electron chi connectivity index (χ0n) is 15.1. The van der Waals surface area contributed by atoms with E-state index in [0.29, 0.717) is 19.4 Å². The Kier molecular flexibility index (Phi) is 8.28. The van der Waals surface area contributed by atoms with Crippen molar-refractivity contribution in [1.29, 1.82) is 0 Å². The van der Waals surface area contributed by atoms with Crippen LogP contribution in [0.1, 0.15) is 66.2 Å². The van der Waals surface area contributed by atoms with Crippen molar-refractivity contribution in [3.05, 3.63) is 0 Å². The van der Waals surface area contributed by atoms with E-state index in [-0.39, 0.29) is 23.6 Å². The number of nitrogens with zero attached hydrogens (tertiary/aromatic N) is 2. The van der Waals surface area contributed by atoms with Crippen LogP contribution in [0.5, 0.6) is 0 Å². The van der Waals surface area contributed by atoms with Crippen molar-refractivity contribution in [1.82, 2.24) is 9.80 Å². The first-order valence-corrected chi connectivity index (χ1v) is 9.11. The molecule has 0 aromatic rings. The number of hydrogen-bond donors (Lipinski definition) is 0. The highest BCUT2D eigenvalue weighted by molar-refractivity contribution is 6.03. The summed E-state index contributed by atoms with van der Waals surface area (Å²) in [7, 11) is 0. The van der Waals surface area contributed by atoms with Crippen LogP contribution in [-0.4, -0.2) is 47.2 Å². The predicted octanol–water partition coefficient (Wildman–Crippen LogP) is 2.84. The number of rotatable bonds is 5. The summed E-state index contributed by atoms with van der Waals surface area (Å²) >= 11 is 0. The van der Waals surface area contributed by atoms with Gasteiger partial charge in [0.2, 0.25) is 17.7 Å². The molecule has 0 spiro atoms.